The number of aryl methyl sites for hydroxylation is 2. The topological polar surface area (TPSA) is 60.7 Å². The van der Waals surface area contributed by atoms with Crippen molar-refractivity contribution in [2.75, 3.05) is 0 Å². The van der Waals surface area contributed by atoms with Gasteiger partial charge in [-0.05, 0) is 25.4 Å². The summed E-state index contributed by atoms with van der Waals surface area (Å²) in [5.74, 6) is -0.0535. The molecule has 0 aliphatic rings. The van der Waals surface area contributed by atoms with Crippen molar-refractivity contribution in [1.29, 1.82) is 0 Å². The third kappa shape index (κ3) is 1.80. The molecule has 0 atom stereocenters. The second kappa shape index (κ2) is 3.90. The number of nitrogens with zero attached hydrogens (tertiary/aromatic N) is 4. The van der Waals surface area contributed by atoms with Gasteiger partial charge in [0.25, 0.3) is 0 Å². The van der Waals surface area contributed by atoms with Crippen molar-refractivity contribution in [1.82, 2.24) is 19.4 Å². The van der Waals surface area contributed by atoms with Crippen LogP contribution in [-0.2, 0) is 6.54 Å². The molecular formula is C9H10N4OS. The molecule has 2 heterocycles. The first-order valence-electron chi connectivity index (χ1n) is 4.58. The predicted molar refractivity (Wildman–Crippen MR) is 56.0 cm³/mol. The van der Waals surface area contributed by atoms with Gasteiger partial charge in [-0.25, -0.2) is 0 Å². The minimum absolute atomic E-state index is 0.0535. The van der Waals surface area contributed by atoms with Crippen molar-refractivity contribution in [3.8, 4) is 0 Å². The maximum atomic E-state index is 11.9. The van der Waals surface area contributed by atoms with E-state index in [4.69, 9.17) is 0 Å². The molecular weight excluding hydrogens is 212 g/mol. The summed E-state index contributed by atoms with van der Waals surface area (Å²) >= 11 is 1.12. The fourth-order valence-corrected chi connectivity index (χ4v) is 1.84. The van der Waals surface area contributed by atoms with Crippen LogP contribution in [0.1, 0.15) is 27.9 Å². The van der Waals surface area contributed by atoms with Crippen LogP contribution in [0, 0.1) is 6.92 Å². The van der Waals surface area contributed by atoms with Crippen LogP contribution in [0.5, 0.6) is 0 Å². The molecule has 0 aromatic carbocycles. The van der Waals surface area contributed by atoms with E-state index < -0.39 is 0 Å². The SMILES string of the molecule is CCn1cc(C(=O)c2snnc2C)cn1. The van der Waals surface area contributed by atoms with Crippen molar-refractivity contribution in [2.24, 2.45) is 0 Å². The minimum atomic E-state index is -0.0535. The van der Waals surface area contributed by atoms with Gasteiger partial charge in [-0.1, -0.05) is 4.49 Å². The third-order valence-corrected chi connectivity index (χ3v) is 2.90. The first kappa shape index (κ1) is 9.97. The Morgan fingerprint density at radius 3 is 2.93 bits per heavy atom. The average molecular weight is 222 g/mol. The fraction of sp³-hybridized carbons (Fsp3) is 0.333. The molecule has 0 saturated heterocycles. The first-order valence-corrected chi connectivity index (χ1v) is 5.35. The van der Waals surface area contributed by atoms with Gasteiger partial charge in [-0.2, -0.15) is 5.10 Å². The van der Waals surface area contributed by atoms with Gasteiger partial charge in [0.15, 0.2) is 0 Å². The molecule has 0 amide bonds. The Labute approximate surface area is 90.9 Å². The molecule has 78 valence electrons. The van der Waals surface area contributed by atoms with Crippen LogP contribution in [-0.4, -0.2) is 25.2 Å². The lowest BCUT2D eigenvalue weighted by Gasteiger charge is -1.93. The predicted octanol–water partition coefficient (Wildman–Crippen LogP) is 1.29. The summed E-state index contributed by atoms with van der Waals surface area (Å²) in [6.07, 6.45) is 3.31. The van der Waals surface area contributed by atoms with Crippen LogP contribution in [0.2, 0.25) is 0 Å². The number of carbonyl (C=O) groups excluding carboxylic acids is 1. The second-order valence-electron chi connectivity index (χ2n) is 3.10. The zero-order valence-corrected chi connectivity index (χ0v) is 9.28. The monoisotopic (exact) mass is 222 g/mol. The van der Waals surface area contributed by atoms with Gasteiger partial charge in [-0.3, -0.25) is 9.48 Å². The maximum Gasteiger partial charge on any atom is 0.209 e. The zero-order chi connectivity index (χ0) is 10.8. The van der Waals surface area contributed by atoms with Crippen molar-refractivity contribution < 1.29 is 4.79 Å². The van der Waals surface area contributed by atoms with Crippen LogP contribution in [0.25, 0.3) is 0 Å². The van der Waals surface area contributed by atoms with Crippen LogP contribution >= 0.6 is 11.5 Å². The Morgan fingerprint density at radius 1 is 1.60 bits per heavy atom. The van der Waals surface area contributed by atoms with E-state index in [-0.39, 0.29) is 5.78 Å². The highest BCUT2D eigenvalue weighted by molar-refractivity contribution is 7.08. The Kier molecular flexibility index (Phi) is 2.59. The average Bonchev–Trinajstić information content (AvgIpc) is 2.84. The van der Waals surface area contributed by atoms with Gasteiger partial charge in [0.1, 0.15) is 4.88 Å². The molecule has 0 aliphatic heterocycles. The van der Waals surface area contributed by atoms with Gasteiger partial charge in [0.2, 0.25) is 5.78 Å². The maximum absolute atomic E-state index is 11.9. The number of carbonyl (C=O) groups is 1. The molecule has 0 fully saturated rings. The number of ketones is 1. The second-order valence-corrected chi connectivity index (χ2v) is 3.86. The molecule has 2 aromatic heterocycles. The lowest BCUT2D eigenvalue weighted by atomic mass is 10.2. The molecule has 6 heteroatoms. The molecule has 0 radical (unpaired) electrons. The summed E-state index contributed by atoms with van der Waals surface area (Å²) < 4.78 is 5.46. The molecule has 5 nitrogen and oxygen atoms in total. The van der Waals surface area contributed by atoms with Crippen LogP contribution in [0.15, 0.2) is 12.4 Å². The van der Waals surface area contributed by atoms with E-state index in [1.54, 1.807) is 24.0 Å². The van der Waals surface area contributed by atoms with E-state index in [9.17, 15) is 4.79 Å². The lowest BCUT2D eigenvalue weighted by Crippen LogP contribution is -1.99. The lowest BCUT2D eigenvalue weighted by molar-refractivity contribution is 0.104. The van der Waals surface area contributed by atoms with E-state index in [1.807, 2.05) is 6.92 Å². The third-order valence-electron chi connectivity index (χ3n) is 2.08. The molecule has 0 saturated carbocycles. The fourth-order valence-electron chi connectivity index (χ4n) is 1.22. The smallest absolute Gasteiger partial charge is 0.209 e. The molecule has 0 spiro atoms. The highest BCUT2D eigenvalue weighted by Gasteiger charge is 2.16. The van der Waals surface area contributed by atoms with Gasteiger partial charge < -0.3 is 0 Å². The molecule has 0 bridgehead atoms. The Bertz CT molecular complexity index is 488. The van der Waals surface area contributed by atoms with Gasteiger partial charge >= 0.3 is 0 Å². The summed E-state index contributed by atoms with van der Waals surface area (Å²) in [5.41, 5.74) is 1.26. The van der Waals surface area contributed by atoms with E-state index in [0.29, 0.717) is 16.1 Å². The molecule has 2 rings (SSSR count). The quantitative estimate of drug-likeness (QED) is 0.734. The molecule has 15 heavy (non-hydrogen) atoms. The summed E-state index contributed by atoms with van der Waals surface area (Å²) in [4.78, 5) is 12.5. The molecule has 0 N–H and O–H groups in total. The van der Waals surface area contributed by atoms with Crippen molar-refractivity contribution in [3.63, 3.8) is 0 Å². The van der Waals surface area contributed by atoms with Crippen molar-refractivity contribution in [2.45, 2.75) is 20.4 Å². The van der Waals surface area contributed by atoms with Gasteiger partial charge in [0.05, 0.1) is 17.5 Å². The van der Waals surface area contributed by atoms with E-state index in [0.717, 1.165) is 18.1 Å². The summed E-state index contributed by atoms with van der Waals surface area (Å²) in [5, 5.41) is 7.87. The summed E-state index contributed by atoms with van der Waals surface area (Å²) in [6, 6.07) is 0. The van der Waals surface area contributed by atoms with Gasteiger partial charge in [0, 0.05) is 12.7 Å². The molecule has 0 aliphatic carbocycles. The zero-order valence-electron chi connectivity index (χ0n) is 8.47. The molecule has 0 unspecified atom stereocenters. The highest BCUT2D eigenvalue weighted by atomic mass is 32.1. The number of rotatable bonds is 3. The van der Waals surface area contributed by atoms with Crippen LogP contribution < -0.4 is 0 Å². The van der Waals surface area contributed by atoms with E-state index in [1.165, 1.54) is 0 Å². The normalized spacial score (nSPS) is 10.5. The first-order chi connectivity index (χ1) is 7.22. The molecule has 2 aromatic rings. The Morgan fingerprint density at radius 2 is 2.40 bits per heavy atom. The van der Waals surface area contributed by atoms with Crippen molar-refractivity contribution in [3.05, 3.63) is 28.5 Å². The Balaban J connectivity index is 2.32. The minimum Gasteiger partial charge on any atom is -0.287 e. The van der Waals surface area contributed by atoms with Crippen LogP contribution in [0.3, 0.4) is 0 Å². The number of hydrogen-bond donors (Lipinski definition) is 0. The Hall–Kier alpha value is -1.56. The number of aromatic nitrogens is 4. The van der Waals surface area contributed by atoms with E-state index in [2.05, 4.69) is 14.7 Å². The van der Waals surface area contributed by atoms with Gasteiger partial charge in [-0.15, -0.1) is 5.10 Å². The van der Waals surface area contributed by atoms with E-state index >= 15 is 0 Å². The summed E-state index contributed by atoms with van der Waals surface area (Å²) in [6.45, 7) is 4.51. The highest BCUT2D eigenvalue weighted by Crippen LogP contribution is 2.14. The number of hydrogen-bond acceptors (Lipinski definition) is 5. The summed E-state index contributed by atoms with van der Waals surface area (Å²) in [7, 11) is 0. The standard InChI is InChI=1S/C9H10N4OS/c1-3-13-5-7(4-10-13)8(14)9-6(2)11-12-15-9/h4-5H,3H2,1-2H3. The largest absolute Gasteiger partial charge is 0.287 e. The van der Waals surface area contributed by atoms with Crippen LogP contribution in [0.4, 0.5) is 0 Å². The van der Waals surface area contributed by atoms with Crippen molar-refractivity contribution >= 4 is 17.3 Å².